The van der Waals surface area contributed by atoms with Crippen LogP contribution in [0.1, 0.15) is 17.3 Å². The molecule has 12 heteroatoms. The lowest BCUT2D eigenvalue weighted by Gasteiger charge is -2.14. The molecule has 0 aliphatic heterocycles. The molecular formula is C16H18N4O7S. The van der Waals surface area contributed by atoms with E-state index < -0.39 is 32.8 Å². The number of hydrogen-bond acceptors (Lipinski definition) is 7. The molecule has 0 aliphatic rings. The minimum absolute atomic E-state index is 0.0427. The van der Waals surface area contributed by atoms with Gasteiger partial charge in [-0.15, -0.1) is 0 Å². The third kappa shape index (κ3) is 5.62. The van der Waals surface area contributed by atoms with Crippen LogP contribution in [-0.2, 0) is 14.8 Å². The normalized spacial score (nSPS) is 12.2. The van der Waals surface area contributed by atoms with Gasteiger partial charge in [-0.3, -0.25) is 19.7 Å². The highest BCUT2D eigenvalue weighted by molar-refractivity contribution is 7.89. The average Bonchev–Trinajstić information content (AvgIpc) is 3.20. The van der Waals surface area contributed by atoms with Gasteiger partial charge in [0.25, 0.3) is 11.6 Å². The molecule has 0 saturated heterocycles. The Morgan fingerprint density at radius 3 is 2.64 bits per heavy atom. The summed E-state index contributed by atoms with van der Waals surface area (Å²) in [4.78, 5) is 33.6. The van der Waals surface area contributed by atoms with E-state index in [4.69, 9.17) is 4.42 Å². The van der Waals surface area contributed by atoms with Gasteiger partial charge in [-0.1, -0.05) is 6.07 Å². The number of nitro benzene ring substituents is 1. The standard InChI is InChI=1S/C16H18N4O7S/c1-11(19-16(22)12-5-8-27-10-12)15(21)17-6-7-18-28(25,26)14-4-2-3-13(9-14)20(23)24/h2-5,8-11,18H,6-7H2,1H3,(H,17,21)(H,19,22). The fourth-order valence-corrected chi connectivity index (χ4v) is 3.18. The quantitative estimate of drug-likeness (QED) is 0.306. The van der Waals surface area contributed by atoms with Crippen molar-refractivity contribution in [2.24, 2.45) is 0 Å². The fourth-order valence-electron chi connectivity index (χ4n) is 2.11. The van der Waals surface area contributed by atoms with Crippen molar-refractivity contribution in [1.29, 1.82) is 0 Å². The Bertz CT molecular complexity index is 957. The van der Waals surface area contributed by atoms with Crippen molar-refractivity contribution in [3.63, 3.8) is 0 Å². The number of non-ortho nitro benzene ring substituents is 1. The second kappa shape index (κ2) is 9.10. The number of nitro groups is 1. The van der Waals surface area contributed by atoms with Crippen molar-refractivity contribution in [3.8, 4) is 0 Å². The molecule has 1 atom stereocenters. The van der Waals surface area contributed by atoms with Crippen LogP contribution in [0.4, 0.5) is 5.69 Å². The zero-order valence-electron chi connectivity index (χ0n) is 14.7. The molecule has 11 nitrogen and oxygen atoms in total. The monoisotopic (exact) mass is 410 g/mol. The summed E-state index contributed by atoms with van der Waals surface area (Å²) in [5.74, 6) is -0.992. The number of furan rings is 1. The van der Waals surface area contributed by atoms with Gasteiger partial charge in [0.05, 0.1) is 21.6 Å². The second-order valence-corrected chi connectivity index (χ2v) is 7.42. The van der Waals surface area contributed by atoms with Crippen LogP contribution in [0.3, 0.4) is 0 Å². The van der Waals surface area contributed by atoms with Gasteiger partial charge in [0.2, 0.25) is 15.9 Å². The number of nitrogens with one attached hydrogen (secondary N) is 3. The maximum absolute atomic E-state index is 12.2. The smallest absolute Gasteiger partial charge is 0.270 e. The van der Waals surface area contributed by atoms with Gasteiger partial charge in [0.15, 0.2) is 0 Å². The topological polar surface area (TPSA) is 161 Å². The van der Waals surface area contributed by atoms with Crippen LogP contribution in [0.25, 0.3) is 0 Å². The molecule has 0 radical (unpaired) electrons. The van der Waals surface area contributed by atoms with E-state index in [1.807, 2.05) is 0 Å². The molecule has 0 aliphatic carbocycles. The van der Waals surface area contributed by atoms with Gasteiger partial charge in [0, 0.05) is 25.2 Å². The third-order valence-electron chi connectivity index (χ3n) is 3.58. The van der Waals surface area contributed by atoms with Gasteiger partial charge in [-0.2, -0.15) is 0 Å². The van der Waals surface area contributed by atoms with Crippen molar-refractivity contribution in [2.45, 2.75) is 17.9 Å². The molecule has 1 unspecified atom stereocenters. The Morgan fingerprint density at radius 2 is 2.00 bits per heavy atom. The number of carbonyl (C=O) groups excluding carboxylic acids is 2. The Balaban J connectivity index is 1.81. The van der Waals surface area contributed by atoms with Crippen LogP contribution in [0.5, 0.6) is 0 Å². The van der Waals surface area contributed by atoms with Crippen LogP contribution in [-0.4, -0.2) is 44.3 Å². The van der Waals surface area contributed by atoms with Gasteiger partial charge in [-0.05, 0) is 19.1 Å². The van der Waals surface area contributed by atoms with Crippen LogP contribution < -0.4 is 15.4 Å². The number of hydrogen-bond donors (Lipinski definition) is 3. The predicted molar refractivity (Wildman–Crippen MR) is 96.9 cm³/mol. The minimum atomic E-state index is -3.97. The number of amides is 2. The molecule has 0 bridgehead atoms. The fraction of sp³-hybridized carbons (Fsp3) is 0.250. The number of sulfonamides is 1. The second-order valence-electron chi connectivity index (χ2n) is 5.65. The maximum Gasteiger partial charge on any atom is 0.270 e. The van der Waals surface area contributed by atoms with E-state index in [0.29, 0.717) is 0 Å². The Labute approximate surface area is 160 Å². The summed E-state index contributed by atoms with van der Waals surface area (Å²) < 4.78 is 31.3. The highest BCUT2D eigenvalue weighted by atomic mass is 32.2. The first-order valence-electron chi connectivity index (χ1n) is 8.05. The first kappa shape index (κ1) is 21.1. The zero-order chi connectivity index (χ0) is 20.7. The molecule has 2 aromatic rings. The molecule has 2 amide bonds. The van der Waals surface area contributed by atoms with Crippen molar-refractivity contribution in [2.75, 3.05) is 13.1 Å². The summed E-state index contributed by atoms with van der Waals surface area (Å²) in [6.07, 6.45) is 2.57. The van der Waals surface area contributed by atoms with E-state index >= 15 is 0 Å². The van der Waals surface area contributed by atoms with Crippen LogP contribution in [0.15, 0.2) is 52.2 Å². The number of nitrogens with zero attached hydrogens (tertiary/aromatic N) is 1. The van der Waals surface area contributed by atoms with Crippen LogP contribution in [0.2, 0.25) is 0 Å². The van der Waals surface area contributed by atoms with Crippen molar-refractivity contribution in [3.05, 3.63) is 58.5 Å². The first-order valence-corrected chi connectivity index (χ1v) is 9.54. The summed E-state index contributed by atoms with van der Waals surface area (Å²) in [7, 11) is -3.97. The summed E-state index contributed by atoms with van der Waals surface area (Å²) in [6, 6.07) is 5.20. The highest BCUT2D eigenvalue weighted by Crippen LogP contribution is 2.16. The summed E-state index contributed by atoms with van der Waals surface area (Å²) >= 11 is 0. The first-order chi connectivity index (χ1) is 13.2. The summed E-state index contributed by atoms with van der Waals surface area (Å²) in [5, 5.41) is 15.7. The molecule has 0 fully saturated rings. The van der Waals surface area contributed by atoms with Gasteiger partial charge in [0.1, 0.15) is 12.3 Å². The summed E-state index contributed by atoms with van der Waals surface area (Å²) in [5.41, 5.74) is -0.0808. The molecule has 1 heterocycles. The molecule has 0 spiro atoms. The minimum Gasteiger partial charge on any atom is -0.472 e. The van der Waals surface area contributed by atoms with Gasteiger partial charge in [-0.25, -0.2) is 13.1 Å². The Hall–Kier alpha value is -3.25. The molecular weight excluding hydrogens is 392 g/mol. The van der Waals surface area contributed by atoms with E-state index in [-0.39, 0.29) is 29.2 Å². The lowest BCUT2D eigenvalue weighted by molar-refractivity contribution is -0.385. The molecule has 3 N–H and O–H groups in total. The van der Waals surface area contributed by atoms with Crippen LogP contribution >= 0.6 is 0 Å². The van der Waals surface area contributed by atoms with E-state index in [1.54, 1.807) is 0 Å². The Kier molecular flexibility index (Phi) is 6.84. The number of carbonyl (C=O) groups is 2. The molecule has 2 rings (SSSR count). The molecule has 28 heavy (non-hydrogen) atoms. The molecule has 1 aromatic heterocycles. The molecule has 1 aromatic carbocycles. The molecule has 150 valence electrons. The summed E-state index contributed by atoms with van der Waals surface area (Å²) in [6.45, 7) is 1.29. The van der Waals surface area contributed by atoms with E-state index in [1.165, 1.54) is 43.7 Å². The van der Waals surface area contributed by atoms with E-state index in [2.05, 4.69) is 15.4 Å². The maximum atomic E-state index is 12.2. The lowest BCUT2D eigenvalue weighted by Crippen LogP contribution is -2.46. The van der Waals surface area contributed by atoms with Crippen molar-refractivity contribution in [1.82, 2.24) is 15.4 Å². The van der Waals surface area contributed by atoms with Gasteiger partial charge >= 0.3 is 0 Å². The van der Waals surface area contributed by atoms with E-state index in [9.17, 15) is 28.1 Å². The Morgan fingerprint density at radius 1 is 1.25 bits per heavy atom. The average molecular weight is 410 g/mol. The number of rotatable bonds is 9. The predicted octanol–water partition coefficient (Wildman–Crippen LogP) is 0.401. The zero-order valence-corrected chi connectivity index (χ0v) is 15.6. The highest BCUT2D eigenvalue weighted by Gasteiger charge is 2.19. The van der Waals surface area contributed by atoms with Crippen molar-refractivity contribution >= 4 is 27.5 Å². The van der Waals surface area contributed by atoms with Crippen molar-refractivity contribution < 1.29 is 27.3 Å². The van der Waals surface area contributed by atoms with Crippen LogP contribution in [0, 0.1) is 10.1 Å². The SMILES string of the molecule is CC(NC(=O)c1ccoc1)C(=O)NCCNS(=O)(=O)c1cccc([N+](=O)[O-])c1. The third-order valence-corrected chi connectivity index (χ3v) is 5.04. The number of benzene rings is 1. The van der Waals surface area contributed by atoms with Gasteiger partial charge < -0.3 is 15.1 Å². The molecule has 0 saturated carbocycles. The largest absolute Gasteiger partial charge is 0.472 e. The van der Waals surface area contributed by atoms with E-state index in [0.717, 1.165) is 6.07 Å². The lowest BCUT2D eigenvalue weighted by atomic mass is 10.2.